The van der Waals surface area contributed by atoms with Crippen molar-refractivity contribution in [2.45, 2.75) is 26.4 Å². The van der Waals surface area contributed by atoms with Crippen molar-refractivity contribution in [2.75, 3.05) is 0 Å². The molecule has 0 spiro atoms. The number of aromatic nitrogens is 3. The smallest absolute Gasteiger partial charge is 0.305 e. The maximum Gasteiger partial charge on any atom is 0.417 e. The summed E-state index contributed by atoms with van der Waals surface area (Å²) < 4.78 is 40.5. The first kappa shape index (κ1) is 14.8. The third-order valence-corrected chi connectivity index (χ3v) is 4.56. The fraction of sp³-hybridized carbons (Fsp3) is 0.308. The molecule has 0 aliphatic heterocycles. The van der Waals surface area contributed by atoms with Gasteiger partial charge < -0.3 is 4.98 Å². The van der Waals surface area contributed by atoms with Crippen molar-refractivity contribution in [3.63, 3.8) is 0 Å². The number of rotatable bonds is 1. The molecule has 0 radical (unpaired) electrons. The molecule has 0 saturated heterocycles. The largest absolute Gasteiger partial charge is 0.417 e. The molecule has 0 bridgehead atoms. The van der Waals surface area contributed by atoms with E-state index in [1.165, 1.54) is 6.92 Å². The van der Waals surface area contributed by atoms with Crippen LogP contribution in [0.5, 0.6) is 0 Å². The lowest BCUT2D eigenvalue weighted by Gasteiger charge is -2.14. The number of thiophene rings is 1. The average Bonchev–Trinajstić information content (AvgIpc) is 2.75. The quantitative estimate of drug-likeness (QED) is 0.720. The molecule has 2 N–H and O–H groups in total. The first-order valence-electron chi connectivity index (χ1n) is 6.39. The van der Waals surface area contributed by atoms with Crippen LogP contribution in [0.4, 0.5) is 13.2 Å². The summed E-state index contributed by atoms with van der Waals surface area (Å²) in [5.41, 5.74) is -2.18. The molecule has 0 aliphatic carbocycles. The van der Waals surface area contributed by atoms with Gasteiger partial charge in [-0.1, -0.05) is 6.92 Å². The van der Waals surface area contributed by atoms with Crippen LogP contribution in [0.3, 0.4) is 0 Å². The van der Waals surface area contributed by atoms with Crippen LogP contribution in [-0.4, -0.2) is 15.0 Å². The summed E-state index contributed by atoms with van der Waals surface area (Å²) in [6, 6.07) is 0. The molecule has 3 heterocycles. The maximum absolute atomic E-state index is 13.5. The second-order valence-corrected chi connectivity index (χ2v) is 5.80. The molecule has 0 amide bonds. The van der Waals surface area contributed by atoms with E-state index in [2.05, 4.69) is 9.97 Å². The Hall–Kier alpha value is -2.16. The first-order chi connectivity index (χ1) is 10.2. The van der Waals surface area contributed by atoms with Crippen LogP contribution >= 0.6 is 11.3 Å². The second kappa shape index (κ2) is 4.67. The van der Waals surface area contributed by atoms with Gasteiger partial charge in [0, 0.05) is 11.1 Å². The van der Waals surface area contributed by atoms with Gasteiger partial charge in [0.15, 0.2) is 0 Å². The number of hydrogen-bond acceptors (Lipinski definition) is 4. The number of alkyl halides is 3. The van der Waals surface area contributed by atoms with Gasteiger partial charge in [0.05, 0.1) is 11.1 Å². The van der Waals surface area contributed by atoms with Crippen LogP contribution < -0.4 is 11.2 Å². The van der Waals surface area contributed by atoms with E-state index in [1.54, 1.807) is 6.92 Å². The van der Waals surface area contributed by atoms with Crippen molar-refractivity contribution in [2.24, 2.45) is 0 Å². The number of H-pyrrole nitrogens is 2. The van der Waals surface area contributed by atoms with Gasteiger partial charge in [0.25, 0.3) is 5.56 Å². The predicted octanol–water partition coefficient (Wildman–Crippen LogP) is 2.72. The third-order valence-electron chi connectivity index (χ3n) is 3.47. The lowest BCUT2D eigenvalue weighted by Crippen LogP contribution is -2.21. The minimum Gasteiger partial charge on any atom is -0.305 e. The van der Waals surface area contributed by atoms with Crippen molar-refractivity contribution in [1.82, 2.24) is 15.0 Å². The van der Waals surface area contributed by atoms with Crippen molar-refractivity contribution in [3.05, 3.63) is 37.7 Å². The van der Waals surface area contributed by atoms with Crippen molar-refractivity contribution in [3.8, 4) is 0 Å². The van der Waals surface area contributed by atoms with Crippen molar-refractivity contribution < 1.29 is 13.2 Å². The van der Waals surface area contributed by atoms with Crippen LogP contribution in [0.2, 0.25) is 0 Å². The van der Waals surface area contributed by atoms with Gasteiger partial charge in [0.2, 0.25) is 0 Å². The van der Waals surface area contributed by atoms with Gasteiger partial charge in [-0.2, -0.15) is 13.2 Å². The molecule has 3 rings (SSSR count). The lowest BCUT2D eigenvalue weighted by atomic mass is 10.0. The van der Waals surface area contributed by atoms with Gasteiger partial charge in [-0.25, -0.2) is 9.78 Å². The Morgan fingerprint density at radius 3 is 2.50 bits per heavy atom. The fourth-order valence-electron chi connectivity index (χ4n) is 2.55. The highest BCUT2D eigenvalue weighted by molar-refractivity contribution is 7.25. The summed E-state index contributed by atoms with van der Waals surface area (Å²) in [6.45, 7) is 3.06. The molecule has 116 valence electrons. The predicted molar refractivity (Wildman–Crippen MR) is 77.5 cm³/mol. The van der Waals surface area contributed by atoms with Gasteiger partial charge in [-0.15, -0.1) is 11.3 Å². The Labute approximate surface area is 124 Å². The van der Waals surface area contributed by atoms with Gasteiger partial charge >= 0.3 is 11.9 Å². The van der Waals surface area contributed by atoms with E-state index in [1.807, 2.05) is 4.98 Å². The number of nitrogens with zero attached hydrogens (tertiary/aromatic N) is 1. The Morgan fingerprint density at radius 2 is 1.91 bits per heavy atom. The number of fused-ring (bicyclic) bond motifs is 3. The molecule has 3 aromatic rings. The Bertz CT molecular complexity index is 1010. The average molecular weight is 329 g/mol. The normalized spacial score (nSPS) is 12.4. The molecule has 0 saturated carbocycles. The summed E-state index contributed by atoms with van der Waals surface area (Å²) in [5, 5.41) is -0.217. The van der Waals surface area contributed by atoms with E-state index >= 15 is 0 Å². The number of halogens is 3. The van der Waals surface area contributed by atoms with Gasteiger partial charge in [-0.05, 0) is 18.9 Å². The summed E-state index contributed by atoms with van der Waals surface area (Å²) in [7, 11) is 0. The molecular weight excluding hydrogens is 319 g/mol. The van der Waals surface area contributed by atoms with Crippen LogP contribution in [-0.2, 0) is 12.6 Å². The molecular formula is C13H10F3N3O2S. The molecule has 3 aromatic heterocycles. The highest BCUT2D eigenvalue weighted by Crippen LogP contribution is 2.42. The third kappa shape index (κ3) is 2.04. The molecule has 0 aliphatic rings. The zero-order valence-corrected chi connectivity index (χ0v) is 12.3. The topological polar surface area (TPSA) is 78.6 Å². The minimum absolute atomic E-state index is 0.0170. The van der Waals surface area contributed by atoms with E-state index in [0.29, 0.717) is 12.1 Å². The van der Waals surface area contributed by atoms with E-state index in [9.17, 15) is 22.8 Å². The molecule has 0 aromatic carbocycles. The van der Waals surface area contributed by atoms with Crippen molar-refractivity contribution >= 4 is 31.8 Å². The van der Waals surface area contributed by atoms with E-state index in [4.69, 9.17) is 0 Å². The molecule has 5 nitrogen and oxygen atoms in total. The van der Waals surface area contributed by atoms with Gasteiger partial charge in [-0.3, -0.25) is 9.78 Å². The Morgan fingerprint density at radius 1 is 1.23 bits per heavy atom. The highest BCUT2D eigenvalue weighted by Gasteiger charge is 2.37. The van der Waals surface area contributed by atoms with Crippen molar-refractivity contribution in [1.29, 1.82) is 0 Å². The van der Waals surface area contributed by atoms with E-state index in [0.717, 1.165) is 11.3 Å². The number of hydrogen-bond donors (Lipinski definition) is 2. The summed E-state index contributed by atoms with van der Waals surface area (Å²) in [6.07, 6.45) is -4.27. The van der Waals surface area contributed by atoms with Crippen LogP contribution in [0.15, 0.2) is 9.59 Å². The summed E-state index contributed by atoms with van der Waals surface area (Å²) in [5.74, 6) is 0. The minimum atomic E-state index is -4.61. The van der Waals surface area contributed by atoms with E-state index in [-0.39, 0.29) is 26.0 Å². The first-order valence-corrected chi connectivity index (χ1v) is 7.21. The Balaban J connectivity index is 2.66. The molecule has 22 heavy (non-hydrogen) atoms. The molecule has 0 fully saturated rings. The summed E-state index contributed by atoms with van der Waals surface area (Å²) in [4.78, 5) is 31.8. The second-order valence-electron chi connectivity index (χ2n) is 4.80. The Kier molecular flexibility index (Phi) is 3.13. The SMILES string of the molecule is CCc1nc2sc3c(=O)[nH]c(=O)[nH]c3c2c(C(F)(F)F)c1C. The number of pyridine rings is 1. The highest BCUT2D eigenvalue weighted by atomic mass is 32.1. The molecule has 9 heteroatoms. The van der Waals surface area contributed by atoms with E-state index < -0.39 is 23.0 Å². The standard InChI is InChI=1S/C13H10F3N3O2S/c1-3-5-4(2)7(13(14,15)16)6-8-9(22-11(6)17-5)10(20)19-12(21)18-8/h3H2,1-2H3,(H2,18,19,20,21). The van der Waals surface area contributed by atoms with Gasteiger partial charge in [0.1, 0.15) is 9.53 Å². The monoisotopic (exact) mass is 329 g/mol. The van der Waals surface area contributed by atoms with Crippen LogP contribution in [0.25, 0.3) is 20.4 Å². The zero-order chi connectivity index (χ0) is 16.2. The zero-order valence-electron chi connectivity index (χ0n) is 11.5. The number of nitrogens with one attached hydrogen (secondary N) is 2. The number of aryl methyl sites for hydroxylation is 1. The maximum atomic E-state index is 13.5. The van der Waals surface area contributed by atoms with Crippen LogP contribution in [0.1, 0.15) is 23.7 Å². The summed E-state index contributed by atoms with van der Waals surface area (Å²) >= 11 is 0.841. The van der Waals surface area contributed by atoms with Crippen LogP contribution in [0, 0.1) is 6.92 Å². The molecule has 0 atom stereocenters. The number of aromatic amines is 2. The fourth-order valence-corrected chi connectivity index (χ4v) is 3.60. The molecule has 0 unspecified atom stereocenters. The lowest BCUT2D eigenvalue weighted by molar-refractivity contribution is -0.136.